The standard InChI is InChI=1S/C18H16FN3O3/c19-14-8-6-12(7-9-14)17(24)20-21-18(25)13-10-16(23)22(11-13)15-4-2-1-3-5-15/h1-9,13H,10-11H2,(H,20,24)(H,21,25)/t13-/m1/s1. The Kier molecular flexibility index (Phi) is 4.74. The summed E-state index contributed by atoms with van der Waals surface area (Å²) in [5, 5.41) is 0. The molecule has 128 valence electrons. The van der Waals surface area contributed by atoms with E-state index in [1.807, 2.05) is 18.2 Å². The molecule has 1 aliphatic heterocycles. The van der Waals surface area contributed by atoms with Crippen molar-refractivity contribution in [3.8, 4) is 0 Å². The lowest BCUT2D eigenvalue weighted by Gasteiger charge is -2.16. The van der Waals surface area contributed by atoms with Crippen molar-refractivity contribution in [3.63, 3.8) is 0 Å². The predicted molar refractivity (Wildman–Crippen MR) is 88.9 cm³/mol. The topological polar surface area (TPSA) is 78.5 Å². The number of hydrazine groups is 1. The molecule has 1 heterocycles. The zero-order valence-electron chi connectivity index (χ0n) is 13.2. The Bertz CT molecular complexity index is 793. The second-order valence-electron chi connectivity index (χ2n) is 5.69. The Morgan fingerprint density at radius 1 is 1.00 bits per heavy atom. The predicted octanol–water partition coefficient (Wildman–Crippen LogP) is 1.64. The van der Waals surface area contributed by atoms with Crippen LogP contribution in [0.15, 0.2) is 54.6 Å². The quantitative estimate of drug-likeness (QED) is 0.833. The van der Waals surface area contributed by atoms with Crippen molar-refractivity contribution in [2.75, 3.05) is 11.4 Å². The molecule has 0 saturated carbocycles. The molecule has 25 heavy (non-hydrogen) atoms. The van der Waals surface area contributed by atoms with Gasteiger partial charge in [-0.05, 0) is 36.4 Å². The highest BCUT2D eigenvalue weighted by Crippen LogP contribution is 2.24. The van der Waals surface area contributed by atoms with Gasteiger partial charge in [-0.1, -0.05) is 18.2 Å². The number of hydrogen-bond acceptors (Lipinski definition) is 3. The average molecular weight is 341 g/mol. The number of halogens is 1. The number of anilines is 1. The van der Waals surface area contributed by atoms with Gasteiger partial charge in [0.2, 0.25) is 11.8 Å². The maximum atomic E-state index is 12.8. The Balaban J connectivity index is 1.56. The molecule has 0 unspecified atom stereocenters. The number of para-hydroxylation sites is 1. The van der Waals surface area contributed by atoms with Crippen LogP contribution < -0.4 is 15.8 Å². The number of carbonyl (C=O) groups is 3. The minimum absolute atomic E-state index is 0.0765. The van der Waals surface area contributed by atoms with E-state index in [-0.39, 0.29) is 24.4 Å². The first-order chi connectivity index (χ1) is 12.0. The summed E-state index contributed by atoms with van der Waals surface area (Å²) in [5.41, 5.74) is 5.54. The highest BCUT2D eigenvalue weighted by molar-refractivity contribution is 6.01. The van der Waals surface area contributed by atoms with Gasteiger partial charge in [-0.3, -0.25) is 25.2 Å². The summed E-state index contributed by atoms with van der Waals surface area (Å²) in [5.74, 6) is -2.15. The largest absolute Gasteiger partial charge is 0.312 e. The van der Waals surface area contributed by atoms with Crippen LogP contribution in [-0.4, -0.2) is 24.3 Å². The van der Waals surface area contributed by atoms with E-state index in [4.69, 9.17) is 0 Å². The van der Waals surface area contributed by atoms with E-state index in [1.54, 1.807) is 17.0 Å². The van der Waals surface area contributed by atoms with Crippen molar-refractivity contribution in [2.24, 2.45) is 5.92 Å². The Morgan fingerprint density at radius 3 is 2.36 bits per heavy atom. The van der Waals surface area contributed by atoms with Crippen LogP contribution in [0, 0.1) is 11.7 Å². The van der Waals surface area contributed by atoms with Gasteiger partial charge in [0, 0.05) is 24.2 Å². The van der Waals surface area contributed by atoms with E-state index in [0.717, 1.165) is 17.8 Å². The maximum absolute atomic E-state index is 12.8. The molecule has 0 radical (unpaired) electrons. The number of amides is 3. The molecule has 0 spiro atoms. The number of hydrogen-bond donors (Lipinski definition) is 2. The molecule has 3 amide bonds. The first-order valence-corrected chi connectivity index (χ1v) is 7.76. The highest BCUT2D eigenvalue weighted by atomic mass is 19.1. The van der Waals surface area contributed by atoms with Crippen LogP contribution in [0.1, 0.15) is 16.8 Å². The molecule has 1 fully saturated rings. The van der Waals surface area contributed by atoms with Crippen molar-refractivity contribution in [1.29, 1.82) is 0 Å². The van der Waals surface area contributed by atoms with Crippen LogP contribution in [0.2, 0.25) is 0 Å². The molecule has 0 bridgehead atoms. The number of benzene rings is 2. The fourth-order valence-corrected chi connectivity index (χ4v) is 2.63. The minimum atomic E-state index is -0.558. The summed E-state index contributed by atoms with van der Waals surface area (Å²) in [6.07, 6.45) is 0.0765. The second-order valence-corrected chi connectivity index (χ2v) is 5.69. The molecule has 1 saturated heterocycles. The van der Waals surface area contributed by atoms with E-state index in [2.05, 4.69) is 10.9 Å². The van der Waals surface area contributed by atoms with Gasteiger partial charge >= 0.3 is 0 Å². The lowest BCUT2D eigenvalue weighted by Crippen LogP contribution is -2.45. The first-order valence-electron chi connectivity index (χ1n) is 7.76. The lowest BCUT2D eigenvalue weighted by atomic mass is 10.1. The fraction of sp³-hybridized carbons (Fsp3) is 0.167. The summed E-state index contributed by atoms with van der Waals surface area (Å²) < 4.78 is 12.8. The van der Waals surface area contributed by atoms with Crippen LogP contribution in [-0.2, 0) is 9.59 Å². The van der Waals surface area contributed by atoms with Crippen molar-refractivity contribution in [3.05, 3.63) is 66.0 Å². The molecule has 2 N–H and O–H groups in total. The van der Waals surface area contributed by atoms with Gasteiger partial charge in [-0.2, -0.15) is 0 Å². The summed E-state index contributed by atoms with van der Waals surface area (Å²) in [7, 11) is 0. The summed E-state index contributed by atoms with van der Waals surface area (Å²) >= 11 is 0. The van der Waals surface area contributed by atoms with Gasteiger partial charge in [0.05, 0.1) is 5.92 Å². The molecule has 2 aromatic rings. The van der Waals surface area contributed by atoms with Crippen molar-refractivity contribution in [1.82, 2.24) is 10.9 Å². The van der Waals surface area contributed by atoms with Crippen LogP contribution in [0.4, 0.5) is 10.1 Å². The average Bonchev–Trinajstić information content (AvgIpc) is 3.02. The van der Waals surface area contributed by atoms with Crippen LogP contribution >= 0.6 is 0 Å². The lowest BCUT2D eigenvalue weighted by molar-refractivity contribution is -0.126. The SMILES string of the molecule is O=C(NNC(=O)[C@@H]1CC(=O)N(c2ccccc2)C1)c1ccc(F)cc1. The fourth-order valence-electron chi connectivity index (χ4n) is 2.63. The third kappa shape index (κ3) is 3.82. The zero-order valence-corrected chi connectivity index (χ0v) is 13.2. The summed E-state index contributed by atoms with van der Waals surface area (Å²) in [6, 6.07) is 14.0. The zero-order chi connectivity index (χ0) is 17.8. The molecule has 3 rings (SSSR count). The number of nitrogens with one attached hydrogen (secondary N) is 2. The molecule has 0 aromatic heterocycles. The van der Waals surface area contributed by atoms with Gasteiger partial charge < -0.3 is 4.90 Å². The normalized spacial score (nSPS) is 16.6. The molecular formula is C18H16FN3O3. The Labute approximate surface area is 143 Å². The van der Waals surface area contributed by atoms with E-state index in [1.165, 1.54) is 12.1 Å². The highest BCUT2D eigenvalue weighted by Gasteiger charge is 2.35. The maximum Gasteiger partial charge on any atom is 0.269 e. The second kappa shape index (κ2) is 7.12. The molecule has 2 aromatic carbocycles. The third-order valence-electron chi connectivity index (χ3n) is 3.97. The van der Waals surface area contributed by atoms with Gasteiger partial charge in [0.15, 0.2) is 0 Å². The molecule has 1 atom stereocenters. The molecular weight excluding hydrogens is 325 g/mol. The molecule has 1 aliphatic rings. The smallest absolute Gasteiger partial charge is 0.269 e. The number of carbonyl (C=O) groups excluding carboxylic acids is 3. The van der Waals surface area contributed by atoms with E-state index >= 15 is 0 Å². The van der Waals surface area contributed by atoms with E-state index in [9.17, 15) is 18.8 Å². The first kappa shape index (κ1) is 16.6. The Hall–Kier alpha value is -3.22. The summed E-state index contributed by atoms with van der Waals surface area (Å²) in [4.78, 5) is 37.7. The summed E-state index contributed by atoms with van der Waals surface area (Å²) in [6.45, 7) is 0.251. The van der Waals surface area contributed by atoms with Crippen molar-refractivity contribution < 1.29 is 18.8 Å². The number of nitrogens with zero attached hydrogens (tertiary/aromatic N) is 1. The third-order valence-corrected chi connectivity index (χ3v) is 3.97. The van der Waals surface area contributed by atoms with E-state index < -0.39 is 23.5 Å². The van der Waals surface area contributed by atoms with Crippen molar-refractivity contribution >= 4 is 23.4 Å². The van der Waals surface area contributed by atoms with Crippen LogP contribution in [0.3, 0.4) is 0 Å². The van der Waals surface area contributed by atoms with E-state index in [0.29, 0.717) is 0 Å². The monoisotopic (exact) mass is 341 g/mol. The molecule has 7 heteroatoms. The van der Waals surface area contributed by atoms with Gasteiger partial charge in [0.25, 0.3) is 5.91 Å². The van der Waals surface area contributed by atoms with Gasteiger partial charge in [-0.15, -0.1) is 0 Å². The van der Waals surface area contributed by atoms with Crippen LogP contribution in [0.25, 0.3) is 0 Å². The van der Waals surface area contributed by atoms with Gasteiger partial charge in [0.1, 0.15) is 5.82 Å². The number of rotatable bonds is 3. The Morgan fingerprint density at radius 2 is 1.68 bits per heavy atom. The molecule has 6 nitrogen and oxygen atoms in total. The minimum Gasteiger partial charge on any atom is -0.312 e. The molecule has 0 aliphatic carbocycles. The van der Waals surface area contributed by atoms with Crippen molar-refractivity contribution in [2.45, 2.75) is 6.42 Å². The van der Waals surface area contributed by atoms with Crippen LogP contribution in [0.5, 0.6) is 0 Å². The van der Waals surface area contributed by atoms with Gasteiger partial charge in [-0.25, -0.2) is 4.39 Å².